The third kappa shape index (κ3) is 7.70. The van der Waals surface area contributed by atoms with Crippen molar-refractivity contribution >= 4 is 45.9 Å². The van der Waals surface area contributed by atoms with E-state index in [9.17, 15) is 18.4 Å². The van der Waals surface area contributed by atoms with Crippen LogP contribution in [0.5, 0.6) is 23.1 Å². The lowest BCUT2D eigenvalue weighted by atomic mass is 10.2. The number of carbonyl (C=O) groups excluding carboxylic acids is 2. The van der Waals surface area contributed by atoms with Gasteiger partial charge in [0.25, 0.3) is 0 Å². The van der Waals surface area contributed by atoms with E-state index in [2.05, 4.69) is 20.6 Å². The van der Waals surface area contributed by atoms with Crippen molar-refractivity contribution < 1.29 is 37.3 Å². The molecule has 0 aliphatic heterocycles. The zero-order chi connectivity index (χ0) is 29.4. The van der Waals surface area contributed by atoms with Gasteiger partial charge in [0.05, 0.1) is 47.6 Å². The second-order valence-corrected chi connectivity index (χ2v) is 8.81. The largest absolute Gasteiger partial charge is 0.493 e. The lowest BCUT2D eigenvalue weighted by molar-refractivity contribution is -0.143. The summed E-state index contributed by atoms with van der Waals surface area (Å²) in [5, 5.41) is 5.34. The maximum Gasteiger partial charge on any atom is 0.323 e. The smallest absolute Gasteiger partial charge is 0.323 e. The Kier molecular flexibility index (Phi) is 9.69. The monoisotopic (exact) mass is 586 g/mol. The van der Waals surface area contributed by atoms with Crippen molar-refractivity contribution in [2.24, 2.45) is 0 Å². The molecule has 214 valence electrons. The lowest BCUT2D eigenvalue weighted by Gasteiger charge is -2.14. The number of benzene rings is 3. The Balaban J connectivity index is 1.45. The molecule has 1 heterocycles. The SMILES string of the molecule is CCOC(=O)CCCOc1cc2ncnc(Oc3ccc(NC(=O)Nc4cc(F)ccc4F)c(Cl)c3)c2cc1OC. The Hall–Kier alpha value is -4.71. The van der Waals surface area contributed by atoms with E-state index in [0.717, 1.165) is 18.2 Å². The first-order valence-corrected chi connectivity index (χ1v) is 12.8. The minimum Gasteiger partial charge on any atom is -0.493 e. The molecule has 0 bridgehead atoms. The van der Waals surface area contributed by atoms with E-state index in [4.69, 9.17) is 30.5 Å². The Labute approximate surface area is 238 Å². The van der Waals surface area contributed by atoms with Gasteiger partial charge < -0.3 is 29.6 Å². The van der Waals surface area contributed by atoms with E-state index in [-0.39, 0.29) is 41.3 Å². The number of methoxy groups -OCH3 is 1. The number of nitrogens with one attached hydrogen (secondary N) is 2. The fourth-order valence-corrected chi connectivity index (χ4v) is 3.89. The average molecular weight is 587 g/mol. The first-order valence-electron chi connectivity index (χ1n) is 12.4. The van der Waals surface area contributed by atoms with Crippen LogP contribution in [0.3, 0.4) is 0 Å². The summed E-state index contributed by atoms with van der Waals surface area (Å²) in [5.41, 5.74) is 0.393. The topological polar surface area (TPSA) is 121 Å². The molecule has 4 rings (SSSR count). The highest BCUT2D eigenvalue weighted by Crippen LogP contribution is 2.37. The zero-order valence-corrected chi connectivity index (χ0v) is 22.8. The number of hydrogen-bond donors (Lipinski definition) is 2. The number of halogens is 3. The molecule has 0 saturated heterocycles. The van der Waals surface area contributed by atoms with Gasteiger partial charge in [0, 0.05) is 24.6 Å². The summed E-state index contributed by atoms with van der Waals surface area (Å²) in [4.78, 5) is 32.3. The normalized spacial score (nSPS) is 10.7. The van der Waals surface area contributed by atoms with Crippen LogP contribution in [0.4, 0.5) is 25.0 Å². The molecule has 3 aromatic carbocycles. The van der Waals surface area contributed by atoms with Crippen molar-refractivity contribution in [3.8, 4) is 23.1 Å². The van der Waals surface area contributed by atoms with Crippen LogP contribution in [0.15, 0.2) is 54.9 Å². The quantitative estimate of drug-likeness (QED) is 0.147. The third-order valence-corrected chi connectivity index (χ3v) is 5.86. The van der Waals surface area contributed by atoms with E-state index in [0.29, 0.717) is 41.2 Å². The van der Waals surface area contributed by atoms with Crippen LogP contribution in [0.1, 0.15) is 19.8 Å². The van der Waals surface area contributed by atoms with Crippen molar-refractivity contribution in [3.05, 3.63) is 71.5 Å². The molecule has 0 aliphatic carbocycles. The number of amides is 2. The summed E-state index contributed by atoms with van der Waals surface area (Å²) in [6, 6.07) is 9.68. The fourth-order valence-electron chi connectivity index (χ4n) is 3.67. The van der Waals surface area contributed by atoms with Gasteiger partial charge in [0.2, 0.25) is 5.88 Å². The standard InChI is InChI=1S/C28H25ClF2N4O6/c1-3-39-26(36)5-4-10-40-25-14-22-18(13-24(25)38-2)27(33-15-32-22)41-17-7-9-21(19(29)12-17)34-28(37)35-23-11-16(30)6-8-20(23)31/h6-9,11-15H,3-5,10H2,1-2H3,(H2,34,35,37). The molecule has 0 spiro atoms. The maximum absolute atomic E-state index is 13.8. The summed E-state index contributed by atoms with van der Waals surface area (Å²) < 4.78 is 49.3. The van der Waals surface area contributed by atoms with E-state index in [1.54, 1.807) is 19.1 Å². The molecule has 13 heteroatoms. The number of aromatic nitrogens is 2. The van der Waals surface area contributed by atoms with Gasteiger partial charge in [-0.1, -0.05) is 11.6 Å². The minimum atomic E-state index is -0.821. The number of urea groups is 1. The number of esters is 1. The van der Waals surface area contributed by atoms with E-state index in [1.165, 1.54) is 31.6 Å². The third-order valence-electron chi connectivity index (χ3n) is 5.55. The second kappa shape index (κ2) is 13.6. The van der Waals surface area contributed by atoms with E-state index in [1.807, 2.05) is 0 Å². The first-order chi connectivity index (χ1) is 19.8. The van der Waals surface area contributed by atoms with Gasteiger partial charge in [0.15, 0.2) is 11.5 Å². The molecular weight excluding hydrogens is 562 g/mol. The van der Waals surface area contributed by atoms with Gasteiger partial charge in [-0.3, -0.25) is 4.79 Å². The molecule has 0 radical (unpaired) electrons. The van der Waals surface area contributed by atoms with Gasteiger partial charge in [-0.05, 0) is 43.7 Å². The summed E-state index contributed by atoms with van der Waals surface area (Å²) in [6.45, 7) is 2.34. The summed E-state index contributed by atoms with van der Waals surface area (Å²) in [7, 11) is 1.49. The van der Waals surface area contributed by atoms with Gasteiger partial charge in [-0.2, -0.15) is 0 Å². The number of nitrogens with zero attached hydrogens (tertiary/aromatic N) is 2. The van der Waals surface area contributed by atoms with Crippen LogP contribution in [0, 0.1) is 11.6 Å². The number of ether oxygens (including phenoxy) is 4. The number of rotatable bonds is 11. The Morgan fingerprint density at radius 2 is 1.78 bits per heavy atom. The molecule has 1 aromatic heterocycles. The van der Waals surface area contributed by atoms with Crippen molar-refractivity contribution in [1.82, 2.24) is 9.97 Å². The molecule has 2 amide bonds. The van der Waals surface area contributed by atoms with Crippen molar-refractivity contribution in [2.45, 2.75) is 19.8 Å². The van der Waals surface area contributed by atoms with Crippen LogP contribution in [-0.2, 0) is 9.53 Å². The van der Waals surface area contributed by atoms with Crippen molar-refractivity contribution in [1.29, 1.82) is 0 Å². The van der Waals surface area contributed by atoms with Crippen LogP contribution in [-0.4, -0.2) is 42.3 Å². The Morgan fingerprint density at radius 3 is 2.54 bits per heavy atom. The number of anilines is 2. The van der Waals surface area contributed by atoms with E-state index >= 15 is 0 Å². The fraction of sp³-hybridized carbons (Fsp3) is 0.214. The summed E-state index contributed by atoms with van der Waals surface area (Å²) >= 11 is 6.33. The zero-order valence-electron chi connectivity index (χ0n) is 22.0. The van der Waals surface area contributed by atoms with Crippen LogP contribution >= 0.6 is 11.6 Å². The van der Waals surface area contributed by atoms with Crippen molar-refractivity contribution in [2.75, 3.05) is 31.0 Å². The second-order valence-electron chi connectivity index (χ2n) is 8.40. The molecule has 0 aliphatic rings. The number of fused-ring (bicyclic) bond motifs is 1. The summed E-state index contributed by atoms with van der Waals surface area (Å²) in [5.74, 6) is -0.435. The lowest BCUT2D eigenvalue weighted by Crippen LogP contribution is -2.20. The van der Waals surface area contributed by atoms with Crippen molar-refractivity contribution in [3.63, 3.8) is 0 Å². The van der Waals surface area contributed by atoms with Gasteiger partial charge in [-0.15, -0.1) is 0 Å². The molecule has 0 atom stereocenters. The molecule has 0 fully saturated rings. The minimum absolute atomic E-state index is 0.117. The molecule has 0 unspecified atom stereocenters. The van der Waals surface area contributed by atoms with Gasteiger partial charge in [0.1, 0.15) is 23.7 Å². The van der Waals surface area contributed by atoms with Gasteiger partial charge in [-0.25, -0.2) is 23.5 Å². The highest BCUT2D eigenvalue weighted by molar-refractivity contribution is 6.34. The molecule has 10 nitrogen and oxygen atoms in total. The number of carbonyl (C=O) groups is 2. The average Bonchev–Trinajstić information content (AvgIpc) is 2.94. The molecule has 4 aromatic rings. The van der Waals surface area contributed by atoms with Crippen LogP contribution in [0.25, 0.3) is 10.9 Å². The molecular formula is C28H25ClF2N4O6. The number of hydrogen-bond acceptors (Lipinski definition) is 8. The maximum atomic E-state index is 13.8. The highest BCUT2D eigenvalue weighted by Gasteiger charge is 2.15. The van der Waals surface area contributed by atoms with Crippen LogP contribution < -0.4 is 24.8 Å². The summed E-state index contributed by atoms with van der Waals surface area (Å²) in [6.07, 6.45) is 2.02. The Morgan fingerprint density at radius 1 is 0.976 bits per heavy atom. The Bertz CT molecular complexity index is 1570. The molecule has 2 N–H and O–H groups in total. The first kappa shape index (κ1) is 29.3. The predicted molar refractivity (Wildman–Crippen MR) is 148 cm³/mol. The van der Waals surface area contributed by atoms with E-state index < -0.39 is 17.7 Å². The molecule has 41 heavy (non-hydrogen) atoms. The van der Waals surface area contributed by atoms with Crippen LogP contribution in [0.2, 0.25) is 5.02 Å². The molecule has 0 saturated carbocycles. The predicted octanol–water partition coefficient (Wildman–Crippen LogP) is 6.73. The highest BCUT2D eigenvalue weighted by atomic mass is 35.5. The van der Waals surface area contributed by atoms with Gasteiger partial charge >= 0.3 is 12.0 Å².